The SMILES string of the molecule is c1ccc(-c2ccc(-c3ccc(N(c4ccc(-c5cccc6ccccc56)cc4)c4cccc5c4sc4ccccc45)cc3)cc2-c2ccccc2)cc1. The molecule has 0 fully saturated rings. The zero-order valence-electron chi connectivity index (χ0n) is 29.6. The second-order valence-corrected chi connectivity index (χ2v) is 14.8. The number of hydrogen-bond donors (Lipinski definition) is 0. The number of benzene rings is 9. The first kappa shape index (κ1) is 32.0. The zero-order valence-corrected chi connectivity index (χ0v) is 30.4. The lowest BCUT2D eigenvalue weighted by Gasteiger charge is -2.26. The first-order chi connectivity index (χ1) is 26.8. The van der Waals surface area contributed by atoms with E-state index < -0.39 is 0 Å². The lowest BCUT2D eigenvalue weighted by Crippen LogP contribution is -2.10. The molecule has 0 spiro atoms. The molecule has 0 aliphatic carbocycles. The number of fused-ring (bicyclic) bond motifs is 4. The summed E-state index contributed by atoms with van der Waals surface area (Å²) < 4.78 is 2.58. The topological polar surface area (TPSA) is 3.24 Å². The molecule has 0 saturated carbocycles. The van der Waals surface area contributed by atoms with Gasteiger partial charge < -0.3 is 4.90 Å². The molecule has 0 saturated heterocycles. The van der Waals surface area contributed by atoms with Gasteiger partial charge in [0.25, 0.3) is 0 Å². The van der Waals surface area contributed by atoms with E-state index in [1.165, 1.54) is 81.1 Å². The monoisotopic (exact) mass is 705 g/mol. The van der Waals surface area contributed by atoms with Gasteiger partial charge >= 0.3 is 0 Å². The van der Waals surface area contributed by atoms with Gasteiger partial charge in [0.2, 0.25) is 0 Å². The summed E-state index contributed by atoms with van der Waals surface area (Å²) in [5.74, 6) is 0. The van der Waals surface area contributed by atoms with Gasteiger partial charge in [-0.3, -0.25) is 0 Å². The minimum atomic E-state index is 1.12. The van der Waals surface area contributed by atoms with E-state index in [1.54, 1.807) is 0 Å². The van der Waals surface area contributed by atoms with Crippen LogP contribution < -0.4 is 4.90 Å². The molecule has 0 amide bonds. The van der Waals surface area contributed by atoms with Crippen LogP contribution >= 0.6 is 11.3 Å². The van der Waals surface area contributed by atoms with Gasteiger partial charge in [0.05, 0.1) is 10.4 Å². The molecule has 254 valence electrons. The van der Waals surface area contributed by atoms with Crippen LogP contribution in [0.1, 0.15) is 0 Å². The lowest BCUT2D eigenvalue weighted by molar-refractivity contribution is 1.30. The van der Waals surface area contributed by atoms with Crippen molar-refractivity contribution in [3.63, 3.8) is 0 Å². The van der Waals surface area contributed by atoms with E-state index in [2.05, 4.69) is 217 Å². The normalized spacial score (nSPS) is 11.3. The van der Waals surface area contributed by atoms with Gasteiger partial charge in [-0.2, -0.15) is 0 Å². The van der Waals surface area contributed by atoms with Crippen molar-refractivity contribution in [2.45, 2.75) is 0 Å². The summed E-state index contributed by atoms with van der Waals surface area (Å²) in [4.78, 5) is 2.42. The van der Waals surface area contributed by atoms with Crippen molar-refractivity contribution in [2.24, 2.45) is 0 Å². The number of thiophene rings is 1. The minimum Gasteiger partial charge on any atom is -0.309 e. The molecule has 9 aromatic carbocycles. The quantitative estimate of drug-likeness (QED) is 0.160. The summed E-state index contributed by atoms with van der Waals surface area (Å²) in [6, 6.07) is 77.1. The van der Waals surface area contributed by atoms with Crippen LogP contribution in [-0.4, -0.2) is 0 Å². The van der Waals surface area contributed by atoms with Gasteiger partial charge in [-0.1, -0.05) is 170 Å². The Morgan fingerprint density at radius 3 is 1.59 bits per heavy atom. The van der Waals surface area contributed by atoms with Gasteiger partial charge in [0, 0.05) is 26.8 Å². The van der Waals surface area contributed by atoms with Crippen LogP contribution in [0, 0.1) is 0 Å². The summed E-state index contributed by atoms with van der Waals surface area (Å²) in [5.41, 5.74) is 13.1. The molecule has 10 rings (SSSR count). The van der Waals surface area contributed by atoms with Crippen LogP contribution in [0.4, 0.5) is 17.1 Å². The molecule has 0 aliphatic rings. The maximum absolute atomic E-state index is 2.42. The van der Waals surface area contributed by atoms with Gasteiger partial charge in [0.1, 0.15) is 0 Å². The molecule has 0 atom stereocenters. The first-order valence-corrected chi connectivity index (χ1v) is 19.2. The molecule has 1 aromatic heterocycles. The van der Waals surface area contributed by atoms with E-state index in [0.29, 0.717) is 0 Å². The fraction of sp³-hybridized carbons (Fsp3) is 0. The van der Waals surface area contributed by atoms with Gasteiger partial charge in [-0.05, 0) is 97.7 Å². The highest BCUT2D eigenvalue weighted by Crippen LogP contribution is 2.45. The molecular formula is C52H35NS. The van der Waals surface area contributed by atoms with Crippen LogP contribution in [0.25, 0.3) is 75.5 Å². The van der Waals surface area contributed by atoms with Crippen LogP contribution in [0.2, 0.25) is 0 Å². The molecule has 0 aliphatic heterocycles. The second-order valence-electron chi connectivity index (χ2n) is 13.7. The zero-order chi connectivity index (χ0) is 35.8. The molecule has 0 bridgehead atoms. The first-order valence-electron chi connectivity index (χ1n) is 18.4. The van der Waals surface area contributed by atoms with Crippen molar-refractivity contribution in [1.82, 2.24) is 0 Å². The average molecular weight is 706 g/mol. The number of rotatable bonds is 7. The smallest absolute Gasteiger partial charge is 0.0640 e. The molecule has 54 heavy (non-hydrogen) atoms. The third-order valence-corrected chi connectivity index (χ3v) is 11.7. The fourth-order valence-corrected chi connectivity index (χ4v) is 9.06. The highest BCUT2D eigenvalue weighted by Gasteiger charge is 2.19. The van der Waals surface area contributed by atoms with Crippen molar-refractivity contribution in [2.75, 3.05) is 4.90 Å². The highest BCUT2D eigenvalue weighted by atomic mass is 32.1. The van der Waals surface area contributed by atoms with Crippen molar-refractivity contribution in [3.8, 4) is 44.5 Å². The standard InChI is InChI=1S/C52H35NS/c1-3-13-37(14-4-1)46-34-29-41(35-49(46)39-15-5-2-6-16-39)36-25-30-42(31-26-36)53(50-23-12-22-48-47-20-9-10-24-51(47)54-52(48)50)43-32-27-40(28-33-43)45-21-11-18-38-17-7-8-19-44(38)45/h1-35H. The van der Waals surface area contributed by atoms with Crippen LogP contribution in [-0.2, 0) is 0 Å². The Morgan fingerprint density at radius 2 is 0.852 bits per heavy atom. The van der Waals surface area contributed by atoms with Crippen molar-refractivity contribution >= 4 is 59.3 Å². The van der Waals surface area contributed by atoms with E-state index >= 15 is 0 Å². The number of hydrogen-bond acceptors (Lipinski definition) is 2. The molecule has 0 radical (unpaired) electrons. The van der Waals surface area contributed by atoms with Gasteiger partial charge in [0.15, 0.2) is 0 Å². The van der Waals surface area contributed by atoms with Gasteiger partial charge in [-0.15, -0.1) is 11.3 Å². The minimum absolute atomic E-state index is 1.12. The maximum atomic E-state index is 2.42. The lowest BCUT2D eigenvalue weighted by atomic mass is 9.91. The third-order valence-electron chi connectivity index (χ3n) is 10.5. The van der Waals surface area contributed by atoms with Gasteiger partial charge in [-0.25, -0.2) is 0 Å². The van der Waals surface area contributed by atoms with E-state index in [0.717, 1.165) is 11.4 Å². The highest BCUT2D eigenvalue weighted by molar-refractivity contribution is 7.26. The molecule has 2 heteroatoms. The van der Waals surface area contributed by atoms with E-state index in [-0.39, 0.29) is 0 Å². The third kappa shape index (κ3) is 5.74. The fourth-order valence-electron chi connectivity index (χ4n) is 7.86. The summed E-state index contributed by atoms with van der Waals surface area (Å²) in [5, 5.41) is 5.11. The van der Waals surface area contributed by atoms with Crippen molar-refractivity contribution in [3.05, 3.63) is 212 Å². The van der Waals surface area contributed by atoms with E-state index in [1.807, 2.05) is 11.3 Å². The Hall–Kier alpha value is -6.74. The summed E-state index contributed by atoms with van der Waals surface area (Å²) in [6.07, 6.45) is 0. The number of anilines is 3. The van der Waals surface area contributed by atoms with Crippen molar-refractivity contribution in [1.29, 1.82) is 0 Å². The van der Waals surface area contributed by atoms with E-state index in [4.69, 9.17) is 0 Å². The molecule has 0 N–H and O–H groups in total. The Kier molecular flexibility index (Phi) is 8.09. The predicted octanol–water partition coefficient (Wildman–Crippen LogP) is 15.3. The molecule has 10 aromatic rings. The molecular weight excluding hydrogens is 671 g/mol. The Bertz CT molecular complexity index is 2900. The molecule has 0 unspecified atom stereocenters. The second kappa shape index (κ2) is 13.7. The van der Waals surface area contributed by atoms with Crippen LogP contribution in [0.3, 0.4) is 0 Å². The predicted molar refractivity (Wildman–Crippen MR) is 233 cm³/mol. The van der Waals surface area contributed by atoms with Crippen LogP contribution in [0.5, 0.6) is 0 Å². The molecule has 1 nitrogen and oxygen atoms in total. The Labute approximate surface area is 319 Å². The van der Waals surface area contributed by atoms with Crippen LogP contribution in [0.15, 0.2) is 212 Å². The van der Waals surface area contributed by atoms with Crippen molar-refractivity contribution < 1.29 is 0 Å². The summed E-state index contributed by atoms with van der Waals surface area (Å²) in [7, 11) is 0. The Balaban J connectivity index is 1.09. The average Bonchev–Trinajstić information content (AvgIpc) is 3.64. The molecule has 1 heterocycles. The summed E-state index contributed by atoms with van der Waals surface area (Å²) in [6.45, 7) is 0. The number of nitrogens with zero attached hydrogens (tertiary/aromatic N) is 1. The summed E-state index contributed by atoms with van der Waals surface area (Å²) >= 11 is 1.86. The largest absolute Gasteiger partial charge is 0.309 e. The van der Waals surface area contributed by atoms with E-state index in [9.17, 15) is 0 Å². The Morgan fingerprint density at radius 1 is 0.315 bits per heavy atom. The maximum Gasteiger partial charge on any atom is 0.0640 e.